The monoisotopic (exact) mass is 438 g/mol. The fourth-order valence-electron chi connectivity index (χ4n) is 5.07. The van der Waals surface area contributed by atoms with Gasteiger partial charge in [0.25, 0.3) is 0 Å². The van der Waals surface area contributed by atoms with E-state index in [1.54, 1.807) is 0 Å². The predicted molar refractivity (Wildman–Crippen MR) is 147 cm³/mol. The van der Waals surface area contributed by atoms with E-state index < -0.39 is 0 Å². The van der Waals surface area contributed by atoms with Gasteiger partial charge in [-0.3, -0.25) is 0 Å². The Hall–Kier alpha value is -1.30. The van der Waals surface area contributed by atoms with Crippen LogP contribution < -0.4 is 0 Å². The van der Waals surface area contributed by atoms with Gasteiger partial charge in [0.2, 0.25) is 0 Å². The molecule has 182 valence electrons. The Morgan fingerprint density at radius 3 is 2.44 bits per heavy atom. The number of allylic oxidation sites excluding steroid dienone is 6. The maximum Gasteiger partial charge on any atom is 0.00302 e. The van der Waals surface area contributed by atoms with Gasteiger partial charge >= 0.3 is 0 Å². The Morgan fingerprint density at radius 1 is 1.19 bits per heavy atom. The van der Waals surface area contributed by atoms with Crippen LogP contribution in [0.5, 0.6) is 0 Å². The second kappa shape index (κ2) is 12.8. The lowest BCUT2D eigenvalue weighted by Gasteiger charge is -2.45. The largest absolute Gasteiger partial charge is 0.102 e. The second-order valence-corrected chi connectivity index (χ2v) is 12.0. The normalized spacial score (nSPS) is 24.7. The van der Waals surface area contributed by atoms with E-state index >= 15 is 0 Å². The molecule has 0 aliphatic heterocycles. The van der Waals surface area contributed by atoms with Gasteiger partial charge in [-0.1, -0.05) is 96.2 Å². The summed E-state index contributed by atoms with van der Waals surface area (Å²) in [6.45, 7) is 33.4. The van der Waals surface area contributed by atoms with Crippen molar-refractivity contribution < 1.29 is 0 Å². The molecule has 1 fully saturated rings. The summed E-state index contributed by atoms with van der Waals surface area (Å²) < 4.78 is 0. The lowest BCUT2D eigenvalue weighted by molar-refractivity contribution is 0.103. The van der Waals surface area contributed by atoms with Crippen molar-refractivity contribution in [3.05, 3.63) is 61.3 Å². The first kappa shape index (κ1) is 28.7. The summed E-state index contributed by atoms with van der Waals surface area (Å²) in [6.07, 6.45) is 17.7. The first-order chi connectivity index (χ1) is 14.8. The van der Waals surface area contributed by atoms with Gasteiger partial charge in [0.1, 0.15) is 0 Å². The molecule has 32 heavy (non-hydrogen) atoms. The van der Waals surface area contributed by atoms with Gasteiger partial charge in [-0.05, 0) is 93.8 Å². The summed E-state index contributed by atoms with van der Waals surface area (Å²) in [5.41, 5.74) is 4.59. The van der Waals surface area contributed by atoms with Crippen LogP contribution in [0, 0.1) is 34.5 Å². The van der Waals surface area contributed by atoms with E-state index in [0.717, 1.165) is 25.2 Å². The van der Waals surface area contributed by atoms with Crippen LogP contribution in [0.15, 0.2) is 61.3 Å². The Kier molecular flexibility index (Phi) is 11.5. The summed E-state index contributed by atoms with van der Waals surface area (Å²) in [5.74, 6) is 2.63. The third-order valence-electron chi connectivity index (χ3n) is 8.76. The molecule has 1 saturated carbocycles. The van der Waals surface area contributed by atoms with Crippen LogP contribution in [0.2, 0.25) is 0 Å². The van der Waals surface area contributed by atoms with Crippen molar-refractivity contribution in [1.82, 2.24) is 0 Å². The Bertz CT molecular complexity index is 672. The van der Waals surface area contributed by atoms with Crippen molar-refractivity contribution >= 4 is 0 Å². The number of hydrogen-bond donors (Lipinski definition) is 0. The predicted octanol–water partition coefficient (Wildman–Crippen LogP) is 10.5. The molecule has 0 bridgehead atoms. The molecule has 0 radical (unpaired) electrons. The van der Waals surface area contributed by atoms with Gasteiger partial charge in [0.05, 0.1) is 0 Å². The van der Waals surface area contributed by atoms with Gasteiger partial charge in [-0.25, -0.2) is 0 Å². The maximum atomic E-state index is 4.44. The Morgan fingerprint density at radius 2 is 1.84 bits per heavy atom. The topological polar surface area (TPSA) is 0 Å². The van der Waals surface area contributed by atoms with Crippen molar-refractivity contribution in [2.45, 2.75) is 106 Å². The highest BCUT2D eigenvalue weighted by Gasteiger charge is 2.39. The molecule has 1 aliphatic rings. The summed E-state index contributed by atoms with van der Waals surface area (Å²) in [5, 5.41) is 0. The summed E-state index contributed by atoms with van der Waals surface area (Å²) >= 11 is 0. The lowest BCUT2D eigenvalue weighted by Crippen LogP contribution is -2.36. The van der Waals surface area contributed by atoms with Crippen molar-refractivity contribution in [2.75, 3.05) is 0 Å². The molecule has 0 aromatic rings. The van der Waals surface area contributed by atoms with Crippen molar-refractivity contribution in [2.24, 2.45) is 34.5 Å². The zero-order chi connectivity index (χ0) is 24.5. The molecule has 0 spiro atoms. The number of hydrogen-bond acceptors (Lipinski definition) is 0. The fourth-order valence-corrected chi connectivity index (χ4v) is 5.07. The van der Waals surface area contributed by atoms with Gasteiger partial charge in [-0.15, -0.1) is 6.58 Å². The van der Waals surface area contributed by atoms with Gasteiger partial charge in [0.15, 0.2) is 0 Å². The highest BCUT2D eigenvalue weighted by atomic mass is 14.4. The van der Waals surface area contributed by atoms with E-state index in [2.05, 4.69) is 93.0 Å². The van der Waals surface area contributed by atoms with Gasteiger partial charge < -0.3 is 0 Å². The van der Waals surface area contributed by atoms with Crippen LogP contribution in [0.3, 0.4) is 0 Å². The molecule has 5 atom stereocenters. The molecule has 0 aromatic carbocycles. The van der Waals surface area contributed by atoms with E-state index in [9.17, 15) is 0 Å². The van der Waals surface area contributed by atoms with E-state index in [0.29, 0.717) is 23.2 Å². The fraction of sp³-hybridized carbons (Fsp3) is 0.688. The van der Waals surface area contributed by atoms with Crippen LogP contribution in [-0.4, -0.2) is 0 Å². The van der Waals surface area contributed by atoms with Crippen molar-refractivity contribution in [3.63, 3.8) is 0 Å². The minimum absolute atomic E-state index is 0.0712. The average Bonchev–Trinajstić information content (AvgIpc) is 2.73. The third-order valence-corrected chi connectivity index (χ3v) is 8.76. The van der Waals surface area contributed by atoms with Crippen LogP contribution in [0.4, 0.5) is 0 Å². The zero-order valence-electron chi connectivity index (χ0n) is 22.7. The lowest BCUT2D eigenvalue weighted by atomic mass is 9.60. The van der Waals surface area contributed by atoms with Gasteiger partial charge in [-0.2, -0.15) is 0 Å². The molecular formula is C32H54. The standard InChI is InChI=1S/C32H54/c1-12-32(11,22-13-14-25(4)15-17-27(6)24(2)3)23-21-26(5)16-20-30-28(7)18-19-29(8)31(30,9)10/h12,21,23,26-27,29-30H,1-2,4,7,13-20,22H2,3,5-6,8-11H3/b23-21+. The first-order valence-electron chi connectivity index (χ1n) is 13.1. The quantitative estimate of drug-likeness (QED) is 0.236. The van der Waals surface area contributed by atoms with E-state index in [1.165, 1.54) is 55.2 Å². The summed E-state index contributed by atoms with van der Waals surface area (Å²) in [6, 6.07) is 0. The Labute approximate surface area is 202 Å². The molecule has 5 unspecified atom stereocenters. The molecule has 0 aromatic heterocycles. The average molecular weight is 439 g/mol. The van der Waals surface area contributed by atoms with Crippen LogP contribution in [0.1, 0.15) is 106 Å². The van der Waals surface area contributed by atoms with Crippen LogP contribution >= 0.6 is 0 Å². The molecule has 0 nitrogen and oxygen atoms in total. The zero-order valence-corrected chi connectivity index (χ0v) is 22.7. The second-order valence-electron chi connectivity index (χ2n) is 12.0. The molecule has 0 heteroatoms. The molecule has 0 amide bonds. The van der Waals surface area contributed by atoms with Gasteiger partial charge in [0, 0.05) is 5.41 Å². The smallest absolute Gasteiger partial charge is 0.00302 e. The van der Waals surface area contributed by atoms with Crippen molar-refractivity contribution in [3.8, 4) is 0 Å². The molecule has 0 heterocycles. The summed E-state index contributed by atoms with van der Waals surface area (Å²) in [4.78, 5) is 0. The minimum atomic E-state index is 0.0712. The SMILES string of the molecule is C=CC(C)(/C=C/C(C)CCC1C(=C)CCC(C)C1(C)C)CCCC(=C)CCC(C)C(=C)C. The third kappa shape index (κ3) is 8.92. The van der Waals surface area contributed by atoms with Crippen LogP contribution in [-0.2, 0) is 0 Å². The van der Waals surface area contributed by atoms with Crippen molar-refractivity contribution in [1.29, 1.82) is 0 Å². The minimum Gasteiger partial charge on any atom is -0.102 e. The Balaban J connectivity index is 2.50. The van der Waals surface area contributed by atoms with E-state index in [4.69, 9.17) is 0 Å². The number of rotatable bonds is 14. The highest BCUT2D eigenvalue weighted by molar-refractivity contribution is 5.12. The molecule has 0 saturated heterocycles. The highest BCUT2D eigenvalue weighted by Crippen LogP contribution is 2.49. The van der Waals surface area contributed by atoms with E-state index in [1.807, 2.05) is 0 Å². The van der Waals surface area contributed by atoms with Crippen LogP contribution in [0.25, 0.3) is 0 Å². The maximum absolute atomic E-state index is 4.44. The molecule has 1 rings (SSSR count). The molecule has 0 N–H and O–H groups in total. The summed E-state index contributed by atoms with van der Waals surface area (Å²) in [7, 11) is 0. The molecule has 1 aliphatic carbocycles. The van der Waals surface area contributed by atoms with E-state index in [-0.39, 0.29) is 5.41 Å². The molecular weight excluding hydrogens is 384 g/mol. The first-order valence-corrected chi connectivity index (χ1v) is 13.1.